The second-order valence-corrected chi connectivity index (χ2v) is 10.5. The number of amidine groups is 1. The molecule has 4 N–H and O–H groups in total. The van der Waals surface area contributed by atoms with Gasteiger partial charge in [0.15, 0.2) is 5.13 Å². The van der Waals surface area contributed by atoms with Crippen molar-refractivity contribution >= 4 is 45.6 Å². The number of hydrogen-bond acceptors (Lipinski definition) is 9. The van der Waals surface area contributed by atoms with Crippen molar-refractivity contribution in [3.63, 3.8) is 0 Å². The lowest BCUT2D eigenvalue weighted by Crippen LogP contribution is -2.35. The molecule has 2 aromatic heterocycles. The number of para-hydroxylation sites is 1. The number of benzene rings is 2. The van der Waals surface area contributed by atoms with E-state index in [1.54, 1.807) is 54.4 Å². The number of carbonyl (C=O) groups excluding carboxylic acids is 2. The second-order valence-electron chi connectivity index (χ2n) is 9.50. The number of nitrogens with two attached hydrogens (primary N) is 1. The van der Waals surface area contributed by atoms with Crippen LogP contribution in [0.25, 0.3) is 10.4 Å². The van der Waals surface area contributed by atoms with E-state index in [4.69, 9.17) is 10.5 Å². The minimum atomic E-state index is -4.81. The predicted molar refractivity (Wildman–Crippen MR) is 160 cm³/mol. The van der Waals surface area contributed by atoms with Crippen LogP contribution in [-0.2, 0) is 4.79 Å². The van der Waals surface area contributed by atoms with Gasteiger partial charge in [0, 0.05) is 25.2 Å². The van der Waals surface area contributed by atoms with Crippen LogP contribution in [0.2, 0.25) is 0 Å². The van der Waals surface area contributed by atoms with E-state index in [1.165, 1.54) is 23.7 Å². The average Bonchev–Trinajstić information content (AvgIpc) is 3.64. The van der Waals surface area contributed by atoms with Crippen LogP contribution in [0.3, 0.4) is 0 Å². The Labute approximate surface area is 253 Å². The SMILES string of the molecule is Cc1ccccc1N=C(C=C(N)C(F)(F)F)NC(=O)Nc1cnc(Oc2ccc(-c3cnc(N4CCCC4=O)s3)cc2)nc1. The number of urea groups is 1. The van der Waals surface area contributed by atoms with Crippen molar-refractivity contribution in [2.75, 3.05) is 16.8 Å². The molecule has 5 rings (SSSR count). The summed E-state index contributed by atoms with van der Waals surface area (Å²) in [6, 6.07) is 13.0. The summed E-state index contributed by atoms with van der Waals surface area (Å²) in [7, 11) is 0. The number of aliphatic imine (C=N–C) groups is 1. The number of thiazole rings is 1. The highest BCUT2D eigenvalue weighted by atomic mass is 32.1. The summed E-state index contributed by atoms with van der Waals surface area (Å²) in [6.45, 7) is 2.40. The van der Waals surface area contributed by atoms with Crippen LogP contribution < -0.4 is 26.0 Å². The van der Waals surface area contributed by atoms with Crippen molar-refractivity contribution in [2.45, 2.75) is 25.9 Å². The van der Waals surface area contributed by atoms with Gasteiger partial charge in [-0.2, -0.15) is 13.2 Å². The van der Waals surface area contributed by atoms with Crippen LogP contribution >= 0.6 is 11.3 Å². The van der Waals surface area contributed by atoms with Gasteiger partial charge in [-0.3, -0.25) is 15.0 Å². The van der Waals surface area contributed by atoms with Gasteiger partial charge in [0.05, 0.1) is 28.6 Å². The minimum Gasteiger partial charge on any atom is -0.424 e. The lowest BCUT2D eigenvalue weighted by Gasteiger charge is -2.11. The molecule has 0 saturated carbocycles. The zero-order valence-electron chi connectivity index (χ0n) is 23.1. The smallest absolute Gasteiger partial charge is 0.424 e. The highest BCUT2D eigenvalue weighted by Crippen LogP contribution is 2.34. The van der Waals surface area contributed by atoms with E-state index in [2.05, 4.69) is 30.6 Å². The Kier molecular flexibility index (Phi) is 8.85. The van der Waals surface area contributed by atoms with Crippen LogP contribution in [0, 0.1) is 6.92 Å². The first kappa shape index (κ1) is 30.2. The van der Waals surface area contributed by atoms with Gasteiger partial charge >= 0.3 is 18.2 Å². The molecule has 44 heavy (non-hydrogen) atoms. The van der Waals surface area contributed by atoms with Crippen LogP contribution in [-0.4, -0.2) is 45.4 Å². The summed E-state index contributed by atoms with van der Waals surface area (Å²) < 4.78 is 44.8. The number of halogens is 3. The molecule has 4 aromatic rings. The number of nitrogens with zero attached hydrogens (tertiary/aromatic N) is 5. The van der Waals surface area contributed by atoms with E-state index in [9.17, 15) is 22.8 Å². The van der Waals surface area contributed by atoms with E-state index in [1.807, 2.05) is 12.1 Å². The monoisotopic (exact) mass is 622 g/mol. The number of allylic oxidation sites excluding steroid dienone is 1. The zero-order chi connectivity index (χ0) is 31.3. The molecule has 1 aliphatic heterocycles. The molecule has 3 heterocycles. The first-order chi connectivity index (χ1) is 21.0. The molecule has 2 aromatic carbocycles. The maximum atomic E-state index is 13.1. The summed E-state index contributed by atoms with van der Waals surface area (Å²) in [6.07, 6.45) is 1.36. The van der Waals surface area contributed by atoms with Gasteiger partial charge in [0.2, 0.25) is 5.91 Å². The van der Waals surface area contributed by atoms with Gasteiger partial charge in [-0.25, -0.2) is 24.7 Å². The van der Waals surface area contributed by atoms with Crippen molar-refractivity contribution in [3.8, 4) is 22.2 Å². The number of alkyl halides is 3. The predicted octanol–water partition coefficient (Wildman–Crippen LogP) is 6.08. The Balaban J connectivity index is 1.21. The molecule has 3 amide bonds. The molecule has 226 valence electrons. The number of aromatic nitrogens is 3. The Morgan fingerprint density at radius 3 is 2.48 bits per heavy atom. The van der Waals surface area contributed by atoms with Gasteiger partial charge in [0.1, 0.15) is 17.3 Å². The molecule has 15 heteroatoms. The van der Waals surface area contributed by atoms with Gasteiger partial charge < -0.3 is 15.8 Å². The zero-order valence-corrected chi connectivity index (χ0v) is 23.9. The molecule has 1 saturated heterocycles. The van der Waals surface area contributed by atoms with Gasteiger partial charge in [0.25, 0.3) is 0 Å². The van der Waals surface area contributed by atoms with Gasteiger partial charge in [-0.05, 0) is 54.8 Å². The van der Waals surface area contributed by atoms with E-state index < -0.39 is 23.7 Å². The van der Waals surface area contributed by atoms with E-state index in [0.29, 0.717) is 41.2 Å². The topological polar surface area (TPSA) is 148 Å². The summed E-state index contributed by atoms with van der Waals surface area (Å²) in [5.41, 5.74) is 5.79. The molecule has 0 spiro atoms. The normalized spacial score (nSPS) is 14.1. The number of anilines is 2. The molecule has 0 atom stereocenters. The third-order valence-corrected chi connectivity index (χ3v) is 7.32. The first-order valence-corrected chi connectivity index (χ1v) is 14.0. The quantitative estimate of drug-likeness (QED) is 0.167. The Morgan fingerprint density at radius 2 is 1.82 bits per heavy atom. The number of aryl methyl sites for hydroxylation is 1. The van der Waals surface area contributed by atoms with Gasteiger partial charge in [-0.15, -0.1) is 0 Å². The Hall–Kier alpha value is -5.31. The molecule has 0 aliphatic carbocycles. The Bertz CT molecular complexity index is 1720. The molecule has 0 bridgehead atoms. The van der Waals surface area contributed by atoms with Crippen molar-refractivity contribution in [2.24, 2.45) is 10.7 Å². The van der Waals surface area contributed by atoms with Crippen molar-refractivity contribution in [1.82, 2.24) is 20.3 Å². The lowest BCUT2D eigenvalue weighted by atomic mass is 10.2. The Morgan fingerprint density at radius 1 is 1.09 bits per heavy atom. The highest BCUT2D eigenvalue weighted by molar-refractivity contribution is 7.19. The molecule has 0 unspecified atom stereocenters. The average molecular weight is 623 g/mol. The van der Waals surface area contributed by atoms with Crippen LogP contribution in [0.5, 0.6) is 11.8 Å². The number of carbonyl (C=O) groups is 2. The third kappa shape index (κ3) is 7.55. The fourth-order valence-corrected chi connectivity index (χ4v) is 4.99. The summed E-state index contributed by atoms with van der Waals surface area (Å²) in [4.78, 5) is 43.8. The summed E-state index contributed by atoms with van der Waals surface area (Å²) in [5, 5.41) is 5.38. The maximum Gasteiger partial charge on any atom is 0.430 e. The van der Waals surface area contributed by atoms with E-state index >= 15 is 0 Å². The second kappa shape index (κ2) is 12.9. The number of ether oxygens (including phenoxy) is 1. The van der Waals surface area contributed by atoms with Crippen molar-refractivity contribution < 1.29 is 27.5 Å². The summed E-state index contributed by atoms with van der Waals surface area (Å²) >= 11 is 1.43. The fraction of sp³-hybridized carbons (Fsp3) is 0.172. The molecular formula is C29H25F3N8O3S. The first-order valence-electron chi connectivity index (χ1n) is 13.2. The van der Waals surface area contributed by atoms with Crippen LogP contribution in [0.4, 0.5) is 34.5 Å². The molecular weight excluding hydrogens is 597 g/mol. The van der Waals surface area contributed by atoms with Crippen LogP contribution in [0.1, 0.15) is 18.4 Å². The van der Waals surface area contributed by atoms with Crippen molar-refractivity contribution in [3.05, 3.63) is 84.5 Å². The highest BCUT2D eigenvalue weighted by Gasteiger charge is 2.32. The summed E-state index contributed by atoms with van der Waals surface area (Å²) in [5.74, 6) is 0.115. The number of hydrogen-bond donors (Lipinski definition) is 3. The molecule has 1 fully saturated rings. The standard InChI is InChI=1S/C29H25F3N8O3S/c1-17-5-2-3-6-21(17)38-24(13-23(33)29(30,31)32)39-26(42)37-19-14-34-27(35-15-19)43-20-10-8-18(9-11-20)22-16-36-28(44-22)40-12-4-7-25(40)41/h2-3,5-6,8-11,13-16H,4,7,12,33H2,1H3,(H2,37,38,39,42). The van der Waals surface area contributed by atoms with E-state index in [0.717, 1.165) is 16.9 Å². The molecule has 0 radical (unpaired) electrons. The number of rotatable bonds is 7. The maximum absolute atomic E-state index is 13.1. The van der Waals surface area contributed by atoms with E-state index in [-0.39, 0.29) is 17.6 Å². The molecule has 11 nitrogen and oxygen atoms in total. The molecule has 1 aliphatic rings. The third-order valence-electron chi connectivity index (χ3n) is 6.25. The fourth-order valence-electron chi connectivity index (χ4n) is 4.02. The van der Waals surface area contributed by atoms with Crippen LogP contribution in [0.15, 0.2) is 83.9 Å². The number of amides is 3. The number of nitrogens with one attached hydrogen (secondary N) is 2. The largest absolute Gasteiger partial charge is 0.430 e. The van der Waals surface area contributed by atoms with Crippen molar-refractivity contribution in [1.29, 1.82) is 0 Å². The van der Waals surface area contributed by atoms with Gasteiger partial charge in [-0.1, -0.05) is 29.5 Å². The lowest BCUT2D eigenvalue weighted by molar-refractivity contribution is -0.117. The minimum absolute atomic E-state index is 0.000908.